The molecule has 0 N–H and O–H groups in total. The number of rotatable bonds is 4. The fraction of sp³-hybridized carbons (Fsp3) is 0.391. The van der Waals surface area contributed by atoms with Crippen LogP contribution in [-0.4, -0.2) is 49.6 Å². The number of hydrogen-bond donors (Lipinski definition) is 0. The zero-order valence-electron chi connectivity index (χ0n) is 15.5. The maximum absolute atomic E-state index is 2.62. The lowest BCUT2D eigenvalue weighted by Gasteiger charge is -2.32. The first-order chi connectivity index (χ1) is 12.2. The van der Waals surface area contributed by atoms with Gasteiger partial charge in [-0.3, -0.25) is 0 Å². The molecule has 0 atom stereocenters. The summed E-state index contributed by atoms with van der Waals surface area (Å²) in [7, 11) is 2.22. The molecule has 2 heteroatoms. The lowest BCUT2D eigenvalue weighted by atomic mass is 9.94. The third-order valence-electron chi connectivity index (χ3n) is 5.82. The van der Waals surface area contributed by atoms with E-state index in [2.05, 4.69) is 72.3 Å². The van der Waals surface area contributed by atoms with Gasteiger partial charge in [0.2, 0.25) is 0 Å². The fourth-order valence-corrected chi connectivity index (χ4v) is 4.24. The molecule has 0 radical (unpaired) electrons. The Hall–Kier alpha value is -1.90. The third kappa shape index (κ3) is 3.42. The van der Waals surface area contributed by atoms with Crippen molar-refractivity contribution in [2.24, 2.45) is 0 Å². The topological polar surface area (TPSA) is 6.48 Å². The minimum absolute atomic E-state index is 1.11. The molecule has 1 aliphatic heterocycles. The summed E-state index contributed by atoms with van der Waals surface area (Å²) in [5, 5.41) is 0. The van der Waals surface area contributed by atoms with Gasteiger partial charge in [0, 0.05) is 32.7 Å². The highest BCUT2D eigenvalue weighted by molar-refractivity contribution is 5.83. The highest BCUT2D eigenvalue weighted by Crippen LogP contribution is 2.40. The number of piperazine rings is 1. The van der Waals surface area contributed by atoms with Gasteiger partial charge in [-0.2, -0.15) is 0 Å². The summed E-state index contributed by atoms with van der Waals surface area (Å²) in [6.45, 7) is 8.34. The van der Waals surface area contributed by atoms with E-state index in [-0.39, 0.29) is 0 Å². The molecule has 0 aromatic heterocycles. The fourth-order valence-electron chi connectivity index (χ4n) is 4.24. The Balaban J connectivity index is 1.53. The normalized spacial score (nSPS) is 18.6. The van der Waals surface area contributed by atoms with Gasteiger partial charge in [-0.25, -0.2) is 0 Å². The van der Waals surface area contributed by atoms with E-state index in [1.165, 1.54) is 61.4 Å². The monoisotopic (exact) mass is 332 g/mol. The second kappa shape index (κ2) is 7.15. The lowest BCUT2D eigenvalue weighted by Crippen LogP contribution is -2.44. The Morgan fingerprint density at radius 1 is 0.840 bits per heavy atom. The van der Waals surface area contributed by atoms with E-state index in [1.54, 1.807) is 11.1 Å². The third-order valence-corrected chi connectivity index (χ3v) is 5.82. The minimum atomic E-state index is 1.11. The molecule has 0 unspecified atom stereocenters. The zero-order chi connectivity index (χ0) is 17.2. The van der Waals surface area contributed by atoms with Gasteiger partial charge in [-0.15, -0.1) is 0 Å². The van der Waals surface area contributed by atoms with E-state index in [0.29, 0.717) is 0 Å². The molecule has 130 valence electrons. The quantitative estimate of drug-likeness (QED) is 0.823. The Morgan fingerprint density at radius 2 is 1.56 bits per heavy atom. The van der Waals surface area contributed by atoms with Crippen LogP contribution in [0.25, 0.3) is 16.7 Å². The Morgan fingerprint density at radius 3 is 2.32 bits per heavy atom. The molecule has 1 fully saturated rings. The van der Waals surface area contributed by atoms with Gasteiger partial charge >= 0.3 is 0 Å². The van der Waals surface area contributed by atoms with Crippen molar-refractivity contribution < 1.29 is 0 Å². The molecule has 2 aromatic carbocycles. The van der Waals surface area contributed by atoms with Gasteiger partial charge in [0.05, 0.1) is 0 Å². The van der Waals surface area contributed by atoms with Crippen LogP contribution in [0.3, 0.4) is 0 Å². The number of nitrogens with zero attached hydrogens (tertiary/aromatic N) is 2. The second-order valence-corrected chi connectivity index (χ2v) is 7.53. The van der Waals surface area contributed by atoms with Gasteiger partial charge in [-0.05, 0) is 54.6 Å². The number of fused-ring (bicyclic) bond motifs is 1. The first-order valence-electron chi connectivity index (χ1n) is 9.49. The van der Waals surface area contributed by atoms with Gasteiger partial charge in [0.15, 0.2) is 0 Å². The molecule has 1 saturated heterocycles. The highest BCUT2D eigenvalue weighted by atomic mass is 15.2. The van der Waals surface area contributed by atoms with Gasteiger partial charge in [0.25, 0.3) is 0 Å². The Bertz CT molecular complexity index is 768. The van der Waals surface area contributed by atoms with Crippen LogP contribution >= 0.6 is 0 Å². The summed E-state index contributed by atoms with van der Waals surface area (Å²) < 4.78 is 0. The predicted molar refractivity (Wildman–Crippen MR) is 107 cm³/mol. The Labute approximate surface area is 151 Å². The first-order valence-corrected chi connectivity index (χ1v) is 9.49. The molecule has 4 rings (SSSR count). The summed E-state index contributed by atoms with van der Waals surface area (Å²) in [5.41, 5.74) is 8.92. The van der Waals surface area contributed by atoms with Crippen molar-refractivity contribution in [1.82, 2.24) is 9.80 Å². The van der Waals surface area contributed by atoms with Crippen molar-refractivity contribution in [2.45, 2.75) is 19.8 Å². The summed E-state index contributed by atoms with van der Waals surface area (Å²) >= 11 is 0. The van der Waals surface area contributed by atoms with Crippen molar-refractivity contribution in [2.75, 3.05) is 39.8 Å². The number of benzene rings is 2. The molecular weight excluding hydrogens is 304 g/mol. The summed E-state index contributed by atoms with van der Waals surface area (Å²) in [6.07, 6.45) is 2.29. The van der Waals surface area contributed by atoms with Crippen LogP contribution < -0.4 is 0 Å². The summed E-state index contributed by atoms with van der Waals surface area (Å²) in [5.74, 6) is 0. The smallest absolute Gasteiger partial charge is 0.0110 e. The average molecular weight is 332 g/mol. The Kier molecular flexibility index (Phi) is 4.74. The summed E-state index contributed by atoms with van der Waals surface area (Å²) in [4.78, 5) is 5.05. The van der Waals surface area contributed by atoms with Gasteiger partial charge in [0.1, 0.15) is 0 Å². The van der Waals surface area contributed by atoms with Crippen LogP contribution in [0.2, 0.25) is 0 Å². The minimum Gasteiger partial charge on any atom is -0.304 e. The molecule has 0 spiro atoms. The standard InChI is InChI=1S/C23H28N2/c1-18-17-23-21(19-7-4-3-5-8-19)9-6-10-22(23)20(18)11-12-25-15-13-24(2)14-16-25/h3-10H,11-17H2,1-2H3. The maximum Gasteiger partial charge on any atom is 0.0110 e. The maximum atomic E-state index is 2.62. The van der Waals surface area contributed by atoms with Crippen molar-refractivity contribution in [3.05, 3.63) is 65.2 Å². The molecule has 25 heavy (non-hydrogen) atoms. The molecular formula is C23H28N2. The van der Waals surface area contributed by atoms with Crippen LogP contribution in [0.5, 0.6) is 0 Å². The molecule has 0 amide bonds. The average Bonchev–Trinajstić information content (AvgIpc) is 2.97. The van der Waals surface area contributed by atoms with E-state index >= 15 is 0 Å². The first kappa shape index (κ1) is 16.6. The highest BCUT2D eigenvalue weighted by Gasteiger charge is 2.23. The van der Waals surface area contributed by atoms with Crippen molar-refractivity contribution in [3.8, 4) is 11.1 Å². The van der Waals surface area contributed by atoms with Gasteiger partial charge < -0.3 is 9.80 Å². The molecule has 1 heterocycles. The largest absolute Gasteiger partial charge is 0.304 e. The van der Waals surface area contributed by atoms with Crippen LogP contribution in [0.1, 0.15) is 24.5 Å². The number of hydrogen-bond acceptors (Lipinski definition) is 2. The molecule has 0 bridgehead atoms. The van der Waals surface area contributed by atoms with Gasteiger partial charge in [-0.1, -0.05) is 54.1 Å². The lowest BCUT2D eigenvalue weighted by molar-refractivity contribution is 0.157. The summed E-state index contributed by atoms with van der Waals surface area (Å²) in [6, 6.07) is 17.7. The van der Waals surface area contributed by atoms with Crippen LogP contribution in [0, 0.1) is 0 Å². The SMILES string of the molecule is CC1=C(CCN2CCN(C)CC2)c2cccc(-c3ccccc3)c2C1. The van der Waals surface area contributed by atoms with Crippen molar-refractivity contribution >= 4 is 5.57 Å². The number of allylic oxidation sites excluding steroid dienone is 1. The van der Waals surface area contributed by atoms with E-state index in [4.69, 9.17) is 0 Å². The van der Waals surface area contributed by atoms with Crippen LogP contribution in [-0.2, 0) is 6.42 Å². The van der Waals surface area contributed by atoms with Crippen LogP contribution in [0.4, 0.5) is 0 Å². The van der Waals surface area contributed by atoms with Crippen molar-refractivity contribution in [1.29, 1.82) is 0 Å². The number of likely N-dealkylation sites (N-methyl/N-ethyl adjacent to an activating group) is 1. The van der Waals surface area contributed by atoms with E-state index in [9.17, 15) is 0 Å². The molecule has 1 aliphatic carbocycles. The molecule has 2 aromatic rings. The predicted octanol–water partition coefficient (Wildman–Crippen LogP) is 4.32. The van der Waals surface area contributed by atoms with E-state index in [0.717, 1.165) is 6.42 Å². The molecule has 2 aliphatic rings. The van der Waals surface area contributed by atoms with E-state index in [1.807, 2.05) is 0 Å². The van der Waals surface area contributed by atoms with E-state index < -0.39 is 0 Å². The second-order valence-electron chi connectivity index (χ2n) is 7.53. The molecule has 2 nitrogen and oxygen atoms in total. The van der Waals surface area contributed by atoms with Crippen LogP contribution in [0.15, 0.2) is 54.1 Å². The molecule has 0 saturated carbocycles. The van der Waals surface area contributed by atoms with Crippen molar-refractivity contribution in [3.63, 3.8) is 0 Å². The zero-order valence-corrected chi connectivity index (χ0v) is 15.5.